The normalized spacial score (nSPS) is 18.9. The summed E-state index contributed by atoms with van der Waals surface area (Å²) in [5.41, 5.74) is 0. The van der Waals surface area contributed by atoms with E-state index in [9.17, 15) is 13.2 Å². The maximum atomic E-state index is 11.4. The lowest BCUT2D eigenvalue weighted by Crippen LogP contribution is -2.16. The molecule has 2 nitrogen and oxygen atoms in total. The van der Waals surface area contributed by atoms with E-state index < -0.39 is 6.36 Å². The van der Waals surface area contributed by atoms with E-state index in [0.29, 0.717) is 12.3 Å². The monoisotopic (exact) mass is 171 g/mol. The van der Waals surface area contributed by atoms with Crippen molar-refractivity contribution in [2.24, 2.45) is 4.99 Å². The summed E-state index contributed by atoms with van der Waals surface area (Å²) in [6, 6.07) is 0. The van der Waals surface area contributed by atoms with Crippen molar-refractivity contribution in [2.45, 2.75) is 6.36 Å². The molecular weight excluding hydrogens is 167 g/mol. The first-order valence-electron chi connectivity index (χ1n) is 2.51. The SMILES string of the molecule is FC(F)(F)OC1=NCCS1. The zero-order chi connectivity index (χ0) is 7.61. The molecule has 0 unspecified atom stereocenters. The third kappa shape index (κ3) is 2.47. The van der Waals surface area contributed by atoms with Crippen LogP contribution in [-0.2, 0) is 4.74 Å². The van der Waals surface area contributed by atoms with Gasteiger partial charge >= 0.3 is 6.36 Å². The average molecular weight is 171 g/mol. The van der Waals surface area contributed by atoms with E-state index in [4.69, 9.17) is 0 Å². The Labute approximate surface area is 59.5 Å². The van der Waals surface area contributed by atoms with Gasteiger partial charge in [0.15, 0.2) is 0 Å². The number of alkyl halides is 3. The van der Waals surface area contributed by atoms with Crippen molar-refractivity contribution < 1.29 is 17.9 Å². The third-order valence-electron chi connectivity index (χ3n) is 0.761. The average Bonchev–Trinajstić information content (AvgIpc) is 2.12. The molecule has 1 aliphatic rings. The largest absolute Gasteiger partial charge is 0.574 e. The second-order valence-electron chi connectivity index (χ2n) is 1.54. The third-order valence-corrected chi connectivity index (χ3v) is 1.61. The molecule has 0 radical (unpaired) electrons. The molecule has 1 heterocycles. The maximum Gasteiger partial charge on any atom is 0.574 e. The van der Waals surface area contributed by atoms with E-state index in [2.05, 4.69) is 9.73 Å². The molecule has 0 saturated heterocycles. The molecule has 10 heavy (non-hydrogen) atoms. The van der Waals surface area contributed by atoms with Crippen LogP contribution in [0.2, 0.25) is 0 Å². The molecule has 0 atom stereocenters. The number of aliphatic imine (C=N–C) groups is 1. The first-order chi connectivity index (χ1) is 4.58. The summed E-state index contributed by atoms with van der Waals surface area (Å²) in [5.74, 6) is 0.575. The minimum absolute atomic E-state index is 0.271. The summed E-state index contributed by atoms with van der Waals surface area (Å²) < 4.78 is 37.7. The summed E-state index contributed by atoms with van der Waals surface area (Å²) in [6.07, 6.45) is -4.59. The number of halogens is 3. The van der Waals surface area contributed by atoms with Gasteiger partial charge in [0.05, 0.1) is 6.54 Å². The minimum atomic E-state index is -4.59. The lowest BCUT2D eigenvalue weighted by molar-refractivity contribution is -0.281. The molecule has 1 rings (SSSR count). The van der Waals surface area contributed by atoms with Crippen LogP contribution in [-0.4, -0.2) is 23.9 Å². The van der Waals surface area contributed by atoms with Crippen LogP contribution in [0.15, 0.2) is 4.99 Å². The van der Waals surface area contributed by atoms with Crippen LogP contribution in [0.4, 0.5) is 13.2 Å². The van der Waals surface area contributed by atoms with Gasteiger partial charge in [0.25, 0.3) is 5.23 Å². The fourth-order valence-corrected chi connectivity index (χ4v) is 1.17. The van der Waals surface area contributed by atoms with Gasteiger partial charge in [-0.2, -0.15) is 0 Å². The predicted molar refractivity (Wildman–Crippen MR) is 31.9 cm³/mol. The van der Waals surface area contributed by atoms with Gasteiger partial charge in [0.2, 0.25) is 0 Å². The Morgan fingerprint density at radius 3 is 2.60 bits per heavy atom. The van der Waals surface area contributed by atoms with Gasteiger partial charge in [-0.1, -0.05) is 11.8 Å². The van der Waals surface area contributed by atoms with Crippen LogP contribution in [0, 0.1) is 0 Å². The fourth-order valence-electron chi connectivity index (χ4n) is 0.476. The molecule has 0 saturated carbocycles. The molecule has 0 aliphatic carbocycles. The number of thioether (sulfide) groups is 1. The summed E-state index contributed by atoms with van der Waals surface area (Å²) in [6.45, 7) is 0.413. The van der Waals surface area contributed by atoms with E-state index in [1.54, 1.807) is 0 Å². The number of hydrogen-bond acceptors (Lipinski definition) is 3. The smallest absolute Gasteiger partial charge is 0.382 e. The number of nitrogens with zero attached hydrogens (tertiary/aromatic N) is 1. The zero-order valence-electron chi connectivity index (χ0n) is 4.81. The first kappa shape index (κ1) is 7.71. The second kappa shape index (κ2) is 2.69. The summed E-state index contributed by atoms with van der Waals surface area (Å²) in [4.78, 5) is 3.46. The molecule has 0 aromatic rings. The van der Waals surface area contributed by atoms with Gasteiger partial charge in [-0.25, -0.2) is 4.99 Å². The maximum absolute atomic E-state index is 11.4. The van der Waals surface area contributed by atoms with Crippen LogP contribution in [0.1, 0.15) is 0 Å². The number of rotatable bonds is 0. The van der Waals surface area contributed by atoms with Gasteiger partial charge in [-0.15, -0.1) is 13.2 Å². The number of hydrogen-bond donors (Lipinski definition) is 0. The summed E-state index contributed by atoms with van der Waals surface area (Å²) in [5, 5.41) is -0.271. The van der Waals surface area contributed by atoms with E-state index in [1.165, 1.54) is 0 Å². The molecule has 0 spiro atoms. The minimum Gasteiger partial charge on any atom is -0.382 e. The zero-order valence-corrected chi connectivity index (χ0v) is 5.63. The van der Waals surface area contributed by atoms with Gasteiger partial charge in [-0.3, -0.25) is 0 Å². The van der Waals surface area contributed by atoms with Crippen LogP contribution >= 0.6 is 11.8 Å². The molecule has 6 heteroatoms. The Balaban J connectivity index is 2.38. The molecular formula is C4H4F3NOS. The lowest BCUT2D eigenvalue weighted by Gasteiger charge is -2.05. The van der Waals surface area contributed by atoms with Crippen molar-refractivity contribution in [3.63, 3.8) is 0 Å². The standard InChI is InChI=1S/C4H4F3NOS/c5-4(6,7)9-3-8-1-2-10-3/h1-2H2. The Bertz CT molecular complexity index is 155. The van der Waals surface area contributed by atoms with E-state index in [-0.39, 0.29) is 5.23 Å². The molecule has 0 N–H and O–H groups in total. The highest BCUT2D eigenvalue weighted by atomic mass is 32.2. The van der Waals surface area contributed by atoms with Crippen molar-refractivity contribution in [2.75, 3.05) is 12.3 Å². The Hall–Kier alpha value is -0.390. The van der Waals surface area contributed by atoms with Crippen molar-refractivity contribution in [1.29, 1.82) is 0 Å². The fraction of sp³-hybridized carbons (Fsp3) is 0.750. The van der Waals surface area contributed by atoms with E-state index in [0.717, 1.165) is 11.8 Å². The van der Waals surface area contributed by atoms with E-state index in [1.807, 2.05) is 0 Å². The molecule has 0 aromatic carbocycles. The van der Waals surface area contributed by atoms with Gasteiger partial charge < -0.3 is 4.74 Å². The number of ether oxygens (including phenoxy) is 1. The van der Waals surface area contributed by atoms with E-state index >= 15 is 0 Å². The molecule has 0 fully saturated rings. The summed E-state index contributed by atoms with van der Waals surface area (Å²) in [7, 11) is 0. The topological polar surface area (TPSA) is 21.6 Å². The highest BCUT2D eigenvalue weighted by Gasteiger charge is 2.33. The highest BCUT2D eigenvalue weighted by Crippen LogP contribution is 2.23. The van der Waals surface area contributed by atoms with Crippen LogP contribution < -0.4 is 0 Å². The Morgan fingerprint density at radius 1 is 1.50 bits per heavy atom. The predicted octanol–water partition coefficient (Wildman–Crippen LogP) is 1.63. The van der Waals surface area contributed by atoms with Crippen LogP contribution in [0.3, 0.4) is 0 Å². The molecule has 58 valence electrons. The molecule has 0 bridgehead atoms. The Morgan fingerprint density at radius 2 is 2.20 bits per heavy atom. The van der Waals surface area contributed by atoms with Crippen molar-refractivity contribution in [3.05, 3.63) is 0 Å². The molecule has 1 aliphatic heterocycles. The molecule has 0 amide bonds. The lowest BCUT2D eigenvalue weighted by atomic mass is 10.8. The van der Waals surface area contributed by atoms with Crippen molar-refractivity contribution in [3.8, 4) is 0 Å². The summed E-state index contributed by atoms with van der Waals surface area (Å²) >= 11 is 0.977. The Kier molecular flexibility index (Phi) is 2.08. The quantitative estimate of drug-likeness (QED) is 0.552. The second-order valence-corrected chi connectivity index (χ2v) is 2.59. The van der Waals surface area contributed by atoms with Crippen molar-refractivity contribution in [1.82, 2.24) is 0 Å². The van der Waals surface area contributed by atoms with Crippen molar-refractivity contribution >= 4 is 17.0 Å². The highest BCUT2D eigenvalue weighted by molar-refractivity contribution is 8.13. The van der Waals surface area contributed by atoms with Crippen LogP contribution in [0.5, 0.6) is 0 Å². The molecule has 0 aromatic heterocycles. The van der Waals surface area contributed by atoms with Gasteiger partial charge in [0.1, 0.15) is 0 Å². The van der Waals surface area contributed by atoms with Gasteiger partial charge in [-0.05, 0) is 0 Å². The van der Waals surface area contributed by atoms with Gasteiger partial charge in [0, 0.05) is 5.75 Å². The first-order valence-corrected chi connectivity index (χ1v) is 3.49. The van der Waals surface area contributed by atoms with Crippen LogP contribution in [0.25, 0.3) is 0 Å².